The van der Waals surface area contributed by atoms with Crippen LogP contribution in [0, 0.1) is 12.3 Å². The number of nitrogens with one attached hydrogen (secondary N) is 2. The van der Waals surface area contributed by atoms with Gasteiger partial charge in [0.05, 0.1) is 17.4 Å². The van der Waals surface area contributed by atoms with Crippen LogP contribution in [0.2, 0.25) is 0 Å². The summed E-state index contributed by atoms with van der Waals surface area (Å²) in [4.78, 5) is 11.0. The molecule has 5 nitrogen and oxygen atoms in total. The van der Waals surface area contributed by atoms with Crippen molar-refractivity contribution in [1.82, 2.24) is 5.32 Å². The molecule has 20 heavy (non-hydrogen) atoms. The number of aldehydes is 1. The van der Waals surface area contributed by atoms with E-state index in [9.17, 15) is 9.90 Å². The van der Waals surface area contributed by atoms with Crippen molar-refractivity contribution < 1.29 is 14.6 Å². The van der Waals surface area contributed by atoms with Crippen molar-refractivity contribution in [3.8, 4) is 5.75 Å². The maximum absolute atomic E-state index is 11.0. The monoisotopic (exact) mass is 276 g/mol. The Morgan fingerprint density at radius 3 is 2.55 bits per heavy atom. The zero-order valence-corrected chi connectivity index (χ0v) is 12.2. The van der Waals surface area contributed by atoms with Crippen molar-refractivity contribution in [1.29, 1.82) is 5.41 Å². The van der Waals surface area contributed by atoms with Gasteiger partial charge in [-0.1, -0.05) is 0 Å². The number of allylic oxidation sites excluding steroid dienone is 1. The number of carbonyl (C=O) groups excluding carboxylic acids is 1. The van der Waals surface area contributed by atoms with E-state index in [0.717, 1.165) is 11.3 Å². The molecule has 0 amide bonds. The number of hydrogen-bond acceptors (Lipinski definition) is 5. The molecule has 0 saturated heterocycles. The van der Waals surface area contributed by atoms with Gasteiger partial charge in [-0.25, -0.2) is 0 Å². The maximum atomic E-state index is 11.0. The van der Waals surface area contributed by atoms with E-state index in [1.165, 1.54) is 7.05 Å². The molecule has 3 N–H and O–H groups in total. The smallest absolute Gasteiger partial charge is 0.196 e. The first-order valence-corrected chi connectivity index (χ1v) is 6.33. The maximum Gasteiger partial charge on any atom is 0.196 e. The molecule has 0 aliphatic rings. The molecule has 0 aliphatic carbocycles. The number of aliphatic hydroxyl groups is 1. The molecule has 5 heteroatoms. The number of hydrogen-bond donors (Lipinski definition) is 3. The van der Waals surface area contributed by atoms with Crippen molar-refractivity contribution in [3.05, 3.63) is 40.8 Å². The van der Waals surface area contributed by atoms with Crippen molar-refractivity contribution in [3.63, 3.8) is 0 Å². The van der Waals surface area contributed by atoms with Crippen molar-refractivity contribution in [2.75, 3.05) is 7.05 Å². The van der Waals surface area contributed by atoms with Gasteiger partial charge in [-0.05, 0) is 44.5 Å². The average Bonchev–Trinajstić information content (AvgIpc) is 2.40. The van der Waals surface area contributed by atoms with Crippen LogP contribution in [-0.4, -0.2) is 30.3 Å². The summed E-state index contributed by atoms with van der Waals surface area (Å²) >= 11 is 0. The Labute approximate surface area is 118 Å². The van der Waals surface area contributed by atoms with E-state index in [2.05, 4.69) is 5.32 Å². The summed E-state index contributed by atoms with van der Waals surface area (Å²) in [6.07, 6.45) is 0.528. The number of ether oxygens (including phenoxy) is 1. The van der Waals surface area contributed by atoms with Crippen LogP contribution in [0.4, 0.5) is 0 Å². The van der Waals surface area contributed by atoms with Gasteiger partial charge in [0.1, 0.15) is 5.75 Å². The highest BCUT2D eigenvalue weighted by Gasteiger charge is 2.14. The van der Waals surface area contributed by atoms with Gasteiger partial charge in [0.15, 0.2) is 12.2 Å². The van der Waals surface area contributed by atoms with Crippen LogP contribution >= 0.6 is 0 Å². The van der Waals surface area contributed by atoms with Crippen LogP contribution in [0.25, 0.3) is 0 Å². The van der Waals surface area contributed by atoms with Gasteiger partial charge in [0.25, 0.3) is 0 Å². The highest BCUT2D eigenvalue weighted by molar-refractivity contribution is 6.21. The third-order valence-electron chi connectivity index (χ3n) is 2.71. The molecule has 0 aliphatic heterocycles. The molecule has 1 rings (SSSR count). The minimum absolute atomic E-state index is 0.0361. The van der Waals surface area contributed by atoms with E-state index in [0.29, 0.717) is 11.8 Å². The highest BCUT2D eigenvalue weighted by atomic mass is 16.5. The fraction of sp³-hybridized carbons (Fsp3) is 0.333. The molecule has 0 saturated carbocycles. The normalized spacial score (nSPS) is 11.8. The van der Waals surface area contributed by atoms with Gasteiger partial charge in [-0.15, -0.1) is 0 Å². The second kappa shape index (κ2) is 6.75. The highest BCUT2D eigenvalue weighted by Crippen LogP contribution is 2.22. The lowest BCUT2D eigenvalue weighted by Gasteiger charge is -2.14. The summed E-state index contributed by atoms with van der Waals surface area (Å²) in [5.74, 6) is 0.427. The minimum Gasteiger partial charge on any atom is -0.494 e. The third kappa shape index (κ3) is 3.60. The van der Waals surface area contributed by atoms with Gasteiger partial charge in [-0.3, -0.25) is 10.2 Å². The van der Waals surface area contributed by atoms with Gasteiger partial charge >= 0.3 is 0 Å². The molecule has 0 atom stereocenters. The van der Waals surface area contributed by atoms with Crippen molar-refractivity contribution in [2.24, 2.45) is 0 Å². The largest absolute Gasteiger partial charge is 0.494 e. The van der Waals surface area contributed by atoms with Crippen LogP contribution in [0.1, 0.15) is 25.0 Å². The number of benzene rings is 1. The van der Waals surface area contributed by atoms with Crippen LogP contribution in [-0.2, 0) is 4.79 Å². The Morgan fingerprint density at radius 2 is 2.10 bits per heavy atom. The van der Waals surface area contributed by atoms with Crippen molar-refractivity contribution >= 4 is 12.0 Å². The van der Waals surface area contributed by atoms with Gasteiger partial charge < -0.3 is 15.2 Å². The molecule has 0 radical (unpaired) electrons. The predicted molar refractivity (Wildman–Crippen MR) is 78.6 cm³/mol. The molecule has 0 unspecified atom stereocenters. The molecule has 0 bridgehead atoms. The molecular weight excluding hydrogens is 256 g/mol. The Morgan fingerprint density at radius 1 is 1.45 bits per heavy atom. The summed E-state index contributed by atoms with van der Waals surface area (Å²) in [6, 6.07) is 5.21. The molecule has 0 aromatic heterocycles. The fourth-order valence-electron chi connectivity index (χ4n) is 1.71. The average molecular weight is 276 g/mol. The Hall–Kier alpha value is -2.30. The third-order valence-corrected chi connectivity index (χ3v) is 2.71. The molecular formula is C15H20N2O3. The van der Waals surface area contributed by atoms with Crippen molar-refractivity contribution in [2.45, 2.75) is 26.9 Å². The predicted octanol–water partition coefficient (Wildman–Crippen LogP) is 2.34. The molecule has 0 heterocycles. The van der Waals surface area contributed by atoms with E-state index in [1.54, 1.807) is 18.2 Å². The van der Waals surface area contributed by atoms with E-state index in [1.807, 2.05) is 20.8 Å². The number of rotatable bonds is 6. The zero-order valence-electron chi connectivity index (χ0n) is 12.2. The molecule has 1 aromatic carbocycles. The molecule has 0 fully saturated rings. The lowest BCUT2D eigenvalue weighted by molar-refractivity contribution is -0.104. The number of aliphatic hydroxyl groups excluding tert-OH is 1. The first-order valence-electron chi connectivity index (χ1n) is 6.33. The number of aryl methyl sites for hydroxylation is 1. The van der Waals surface area contributed by atoms with E-state index in [4.69, 9.17) is 10.1 Å². The molecule has 1 aromatic rings. The summed E-state index contributed by atoms with van der Waals surface area (Å²) in [5, 5.41) is 20.0. The van der Waals surface area contributed by atoms with Gasteiger partial charge in [-0.2, -0.15) is 0 Å². The zero-order chi connectivity index (χ0) is 15.3. The first kappa shape index (κ1) is 15.8. The SMILES string of the molecule is CN/C(O)=C(/C=O)C(=N)c1ccc(OC(C)C)c(C)c1. The molecule has 108 valence electrons. The quantitative estimate of drug-likeness (QED) is 0.322. The Bertz CT molecular complexity index is 548. The summed E-state index contributed by atoms with van der Waals surface area (Å²) in [5.41, 5.74) is 1.30. The lowest BCUT2D eigenvalue weighted by Crippen LogP contribution is -2.16. The summed E-state index contributed by atoms with van der Waals surface area (Å²) in [7, 11) is 1.48. The van der Waals surface area contributed by atoms with Crippen LogP contribution < -0.4 is 10.1 Å². The Balaban J connectivity index is 3.13. The first-order chi connectivity index (χ1) is 9.40. The van der Waals surface area contributed by atoms with Crippen LogP contribution in [0.5, 0.6) is 5.75 Å². The van der Waals surface area contributed by atoms with E-state index in [-0.39, 0.29) is 23.3 Å². The Kier molecular flexibility index (Phi) is 5.32. The number of carbonyl (C=O) groups is 1. The second-order valence-corrected chi connectivity index (χ2v) is 4.65. The van der Waals surface area contributed by atoms with Crippen LogP contribution in [0.3, 0.4) is 0 Å². The minimum atomic E-state index is -0.315. The summed E-state index contributed by atoms with van der Waals surface area (Å²) in [6.45, 7) is 5.75. The topological polar surface area (TPSA) is 82.4 Å². The second-order valence-electron chi connectivity index (χ2n) is 4.65. The fourth-order valence-corrected chi connectivity index (χ4v) is 1.71. The van der Waals surface area contributed by atoms with E-state index < -0.39 is 0 Å². The molecule has 0 spiro atoms. The lowest BCUT2D eigenvalue weighted by atomic mass is 10.0. The standard InChI is InChI=1S/C15H20N2O3/c1-9(2)20-13-6-5-11(7-10(13)3)14(16)12(8-18)15(19)17-4/h5-9,16-17,19H,1-4H3/b15-12+,16-14?. The van der Waals surface area contributed by atoms with Crippen LogP contribution in [0.15, 0.2) is 29.7 Å². The van der Waals surface area contributed by atoms with E-state index >= 15 is 0 Å². The summed E-state index contributed by atoms with van der Waals surface area (Å²) < 4.78 is 5.62. The van der Waals surface area contributed by atoms with Gasteiger partial charge in [0.2, 0.25) is 0 Å². The van der Waals surface area contributed by atoms with Gasteiger partial charge in [0, 0.05) is 12.6 Å².